The molecule has 0 heteroatoms. The number of hydrogen-bond acceptors (Lipinski definition) is 0. The lowest BCUT2D eigenvalue weighted by Gasteiger charge is -2.19. The Kier molecular flexibility index (Phi) is 3.32. The normalized spacial score (nSPS) is 20.0. The van der Waals surface area contributed by atoms with Crippen LogP contribution in [0.1, 0.15) is 38.5 Å². The molecule has 1 fully saturated rings. The SMILES string of the molecule is C=C=CCC1CCCCC1. The zero-order chi connectivity index (χ0) is 7.23. The van der Waals surface area contributed by atoms with Gasteiger partial charge < -0.3 is 0 Å². The third-order valence-corrected chi connectivity index (χ3v) is 2.32. The van der Waals surface area contributed by atoms with Crippen LogP contribution in [0.3, 0.4) is 0 Å². The zero-order valence-electron chi connectivity index (χ0n) is 6.60. The Morgan fingerprint density at radius 2 is 2.00 bits per heavy atom. The first kappa shape index (κ1) is 7.63. The fourth-order valence-electron chi connectivity index (χ4n) is 1.67. The third kappa shape index (κ3) is 2.41. The fourth-order valence-corrected chi connectivity index (χ4v) is 1.67. The summed E-state index contributed by atoms with van der Waals surface area (Å²) < 4.78 is 0. The van der Waals surface area contributed by atoms with Crippen molar-refractivity contribution in [1.82, 2.24) is 0 Å². The van der Waals surface area contributed by atoms with E-state index in [2.05, 4.69) is 18.4 Å². The van der Waals surface area contributed by atoms with Crippen LogP contribution in [0, 0.1) is 5.92 Å². The predicted molar refractivity (Wildman–Crippen MR) is 44.9 cm³/mol. The minimum atomic E-state index is 0.947. The van der Waals surface area contributed by atoms with Crippen LogP contribution in [-0.2, 0) is 0 Å². The lowest BCUT2D eigenvalue weighted by Crippen LogP contribution is -2.04. The van der Waals surface area contributed by atoms with Gasteiger partial charge in [0.2, 0.25) is 0 Å². The highest BCUT2D eigenvalue weighted by molar-refractivity contribution is 4.80. The number of allylic oxidation sites excluding steroid dienone is 1. The molecule has 10 heavy (non-hydrogen) atoms. The Bertz CT molecular complexity index is 123. The van der Waals surface area contributed by atoms with Crippen LogP contribution in [0.15, 0.2) is 18.4 Å². The van der Waals surface area contributed by atoms with E-state index >= 15 is 0 Å². The molecular formula is C10H16. The molecule has 0 aromatic rings. The second-order valence-electron chi connectivity index (χ2n) is 3.15. The number of hydrogen-bond donors (Lipinski definition) is 0. The summed E-state index contributed by atoms with van der Waals surface area (Å²) in [6.07, 6.45) is 10.5. The lowest BCUT2D eigenvalue weighted by molar-refractivity contribution is 0.361. The van der Waals surface area contributed by atoms with Gasteiger partial charge in [-0.15, -0.1) is 5.73 Å². The van der Waals surface area contributed by atoms with Gasteiger partial charge in [-0.2, -0.15) is 0 Å². The average Bonchev–Trinajstić information content (AvgIpc) is 2.03. The molecule has 0 amide bonds. The van der Waals surface area contributed by atoms with Gasteiger partial charge in [-0.25, -0.2) is 0 Å². The van der Waals surface area contributed by atoms with Crippen molar-refractivity contribution in [3.8, 4) is 0 Å². The van der Waals surface area contributed by atoms with E-state index in [9.17, 15) is 0 Å². The first-order valence-electron chi connectivity index (χ1n) is 4.28. The van der Waals surface area contributed by atoms with Gasteiger partial charge in [0.25, 0.3) is 0 Å². The fraction of sp³-hybridized carbons (Fsp3) is 0.700. The van der Waals surface area contributed by atoms with Gasteiger partial charge in [-0.1, -0.05) is 38.7 Å². The highest BCUT2D eigenvalue weighted by atomic mass is 14.2. The van der Waals surface area contributed by atoms with Gasteiger partial charge in [0.15, 0.2) is 0 Å². The van der Waals surface area contributed by atoms with Gasteiger partial charge in [-0.3, -0.25) is 0 Å². The van der Waals surface area contributed by atoms with E-state index < -0.39 is 0 Å². The minimum absolute atomic E-state index is 0.947. The predicted octanol–water partition coefficient (Wildman–Crippen LogP) is 3.30. The molecule has 0 radical (unpaired) electrons. The van der Waals surface area contributed by atoms with E-state index in [-0.39, 0.29) is 0 Å². The smallest absolute Gasteiger partial charge is 0.0246 e. The monoisotopic (exact) mass is 136 g/mol. The van der Waals surface area contributed by atoms with Crippen LogP contribution < -0.4 is 0 Å². The number of rotatable bonds is 2. The minimum Gasteiger partial charge on any atom is -0.133 e. The van der Waals surface area contributed by atoms with Crippen molar-refractivity contribution >= 4 is 0 Å². The van der Waals surface area contributed by atoms with Crippen molar-refractivity contribution in [3.63, 3.8) is 0 Å². The summed E-state index contributed by atoms with van der Waals surface area (Å²) >= 11 is 0. The maximum atomic E-state index is 3.56. The summed E-state index contributed by atoms with van der Waals surface area (Å²) in [5.74, 6) is 0.947. The van der Waals surface area contributed by atoms with Crippen LogP contribution in [0.5, 0.6) is 0 Å². The molecule has 0 nitrogen and oxygen atoms in total. The molecule has 0 aliphatic heterocycles. The van der Waals surface area contributed by atoms with Crippen molar-refractivity contribution in [2.45, 2.75) is 38.5 Å². The van der Waals surface area contributed by atoms with Gasteiger partial charge in [0.05, 0.1) is 0 Å². The third-order valence-electron chi connectivity index (χ3n) is 2.32. The lowest BCUT2D eigenvalue weighted by atomic mass is 9.87. The Balaban J connectivity index is 2.19. The quantitative estimate of drug-likeness (QED) is 0.511. The van der Waals surface area contributed by atoms with Crippen molar-refractivity contribution in [3.05, 3.63) is 18.4 Å². The molecule has 56 valence electrons. The van der Waals surface area contributed by atoms with E-state index in [0.29, 0.717) is 0 Å². The summed E-state index contributed by atoms with van der Waals surface area (Å²) in [6.45, 7) is 3.56. The largest absolute Gasteiger partial charge is 0.133 e. The molecule has 0 spiro atoms. The van der Waals surface area contributed by atoms with Gasteiger partial charge in [-0.05, 0) is 18.4 Å². The van der Waals surface area contributed by atoms with Crippen LogP contribution >= 0.6 is 0 Å². The Labute approximate surface area is 63.6 Å². The average molecular weight is 136 g/mol. The molecule has 1 saturated carbocycles. The molecule has 0 aromatic carbocycles. The van der Waals surface area contributed by atoms with E-state index in [1.165, 1.54) is 38.5 Å². The molecule has 0 aromatic heterocycles. The van der Waals surface area contributed by atoms with Crippen LogP contribution in [-0.4, -0.2) is 0 Å². The van der Waals surface area contributed by atoms with E-state index in [4.69, 9.17) is 0 Å². The second-order valence-corrected chi connectivity index (χ2v) is 3.15. The van der Waals surface area contributed by atoms with Crippen molar-refractivity contribution in [1.29, 1.82) is 0 Å². The summed E-state index contributed by atoms with van der Waals surface area (Å²) in [6, 6.07) is 0. The topological polar surface area (TPSA) is 0 Å². The van der Waals surface area contributed by atoms with Crippen LogP contribution in [0.25, 0.3) is 0 Å². The molecule has 1 aliphatic rings. The zero-order valence-corrected chi connectivity index (χ0v) is 6.60. The molecule has 1 aliphatic carbocycles. The molecule has 0 saturated heterocycles. The van der Waals surface area contributed by atoms with Crippen LogP contribution in [0.2, 0.25) is 0 Å². The maximum absolute atomic E-state index is 3.56. The Hall–Kier alpha value is -0.480. The highest BCUT2D eigenvalue weighted by Gasteiger charge is 2.10. The van der Waals surface area contributed by atoms with E-state index in [1.807, 2.05) is 0 Å². The van der Waals surface area contributed by atoms with Crippen molar-refractivity contribution in [2.75, 3.05) is 0 Å². The van der Waals surface area contributed by atoms with Crippen molar-refractivity contribution in [2.24, 2.45) is 5.92 Å². The summed E-state index contributed by atoms with van der Waals surface area (Å²) in [7, 11) is 0. The first-order chi connectivity index (χ1) is 4.93. The first-order valence-corrected chi connectivity index (χ1v) is 4.28. The summed E-state index contributed by atoms with van der Waals surface area (Å²) in [4.78, 5) is 0. The second kappa shape index (κ2) is 4.35. The molecule has 1 rings (SSSR count). The standard InChI is InChI=1S/C10H16/c1-2-3-7-10-8-5-4-6-9-10/h3,10H,1,4-9H2. The molecule has 0 atom stereocenters. The summed E-state index contributed by atoms with van der Waals surface area (Å²) in [5.41, 5.74) is 2.84. The Morgan fingerprint density at radius 3 is 2.60 bits per heavy atom. The Morgan fingerprint density at radius 1 is 1.30 bits per heavy atom. The molecular weight excluding hydrogens is 120 g/mol. The molecule has 0 bridgehead atoms. The van der Waals surface area contributed by atoms with E-state index in [0.717, 1.165) is 5.92 Å². The maximum Gasteiger partial charge on any atom is -0.0246 e. The molecule has 0 unspecified atom stereocenters. The van der Waals surface area contributed by atoms with Crippen molar-refractivity contribution < 1.29 is 0 Å². The summed E-state index contributed by atoms with van der Waals surface area (Å²) in [5, 5.41) is 0. The van der Waals surface area contributed by atoms with Gasteiger partial charge in [0.1, 0.15) is 0 Å². The van der Waals surface area contributed by atoms with Gasteiger partial charge in [0, 0.05) is 0 Å². The highest BCUT2D eigenvalue weighted by Crippen LogP contribution is 2.26. The van der Waals surface area contributed by atoms with Gasteiger partial charge >= 0.3 is 0 Å². The van der Waals surface area contributed by atoms with E-state index in [1.54, 1.807) is 0 Å². The molecule has 0 heterocycles. The van der Waals surface area contributed by atoms with Crippen LogP contribution in [0.4, 0.5) is 0 Å². The molecule has 0 N–H and O–H groups in total.